The number of anilines is 2. The van der Waals surface area contributed by atoms with Crippen LogP contribution in [0.4, 0.5) is 16.2 Å². The topological polar surface area (TPSA) is 84.0 Å². The molecule has 0 saturated heterocycles. The van der Waals surface area contributed by atoms with Crippen molar-refractivity contribution in [3.8, 4) is 5.75 Å². The lowest BCUT2D eigenvalue weighted by Crippen LogP contribution is -2.80. The van der Waals surface area contributed by atoms with Crippen molar-refractivity contribution >= 4 is 35.2 Å². The summed E-state index contributed by atoms with van der Waals surface area (Å²) in [6.45, 7) is 6.59. The lowest BCUT2D eigenvalue weighted by atomic mass is 10.1. The molecule has 0 atom stereocenters. The van der Waals surface area contributed by atoms with Gasteiger partial charge in [0.2, 0.25) is 0 Å². The van der Waals surface area contributed by atoms with Gasteiger partial charge in [-0.25, -0.2) is 4.79 Å². The quantitative estimate of drug-likeness (QED) is 0.0882. The van der Waals surface area contributed by atoms with Crippen LogP contribution < -0.4 is 31.3 Å². The fourth-order valence-corrected chi connectivity index (χ4v) is 8.41. The van der Waals surface area contributed by atoms with Gasteiger partial charge in [-0.1, -0.05) is 102 Å². The van der Waals surface area contributed by atoms with Crippen LogP contribution in [0, 0.1) is 13.8 Å². The normalized spacial score (nSPS) is 11.2. The number of nitrogens with two attached hydrogens (primary N) is 1. The first-order valence-corrected chi connectivity index (χ1v) is 17.8. The second-order valence-corrected chi connectivity index (χ2v) is 14.6. The lowest BCUT2D eigenvalue weighted by Gasteiger charge is -2.19. The van der Waals surface area contributed by atoms with E-state index in [0.29, 0.717) is 18.5 Å². The summed E-state index contributed by atoms with van der Waals surface area (Å²) in [7, 11) is -2.71. The molecular formula is C39H43N3O3P+. The number of hydrogen-bond donors (Lipinski definition) is 3. The van der Waals surface area contributed by atoms with E-state index in [1.807, 2.05) is 109 Å². The van der Waals surface area contributed by atoms with Crippen LogP contribution in [-0.2, 0) is 17.7 Å². The van der Waals surface area contributed by atoms with Crippen LogP contribution in [-0.4, -0.2) is 18.8 Å². The molecule has 0 radical (unpaired) electrons. The van der Waals surface area contributed by atoms with Crippen LogP contribution in [0.2, 0.25) is 0 Å². The van der Waals surface area contributed by atoms with E-state index in [-0.39, 0.29) is 6.03 Å². The van der Waals surface area contributed by atoms with E-state index in [9.17, 15) is 9.36 Å². The molecule has 46 heavy (non-hydrogen) atoms. The second kappa shape index (κ2) is 16.1. The summed E-state index contributed by atoms with van der Waals surface area (Å²) in [5.74, 6) is 0.727. The van der Waals surface area contributed by atoms with E-state index in [4.69, 9.17) is 4.74 Å². The number of amides is 2. The zero-order chi connectivity index (χ0) is 32.2. The molecule has 0 aromatic heterocycles. The van der Waals surface area contributed by atoms with Gasteiger partial charge < -0.3 is 25.3 Å². The summed E-state index contributed by atoms with van der Waals surface area (Å²) in [5.41, 5.74) is 6.53. The molecule has 0 aliphatic heterocycles. The smallest absolute Gasteiger partial charge is 0.323 e. The Balaban J connectivity index is 1.02. The molecule has 2 amide bonds. The number of carbonyl (C=O) groups is 1. The molecule has 0 saturated carbocycles. The molecule has 5 rings (SSSR count). The maximum atomic E-state index is 14.1. The van der Waals surface area contributed by atoms with Crippen molar-refractivity contribution in [3.63, 3.8) is 0 Å². The van der Waals surface area contributed by atoms with Crippen molar-refractivity contribution in [3.05, 3.63) is 150 Å². The third-order valence-corrected chi connectivity index (χ3v) is 11.1. The Hall–Kier alpha value is -4.64. The molecule has 0 aliphatic carbocycles. The number of aryl methyl sites for hydroxylation is 2. The summed E-state index contributed by atoms with van der Waals surface area (Å²) in [6.07, 6.45) is 2.17. The number of rotatable bonds is 14. The Morgan fingerprint density at radius 2 is 1.17 bits per heavy atom. The molecule has 0 aliphatic rings. The van der Waals surface area contributed by atoms with E-state index < -0.39 is 7.14 Å². The minimum absolute atomic E-state index is 0.302. The van der Waals surface area contributed by atoms with Crippen LogP contribution in [0.5, 0.6) is 5.75 Å². The van der Waals surface area contributed by atoms with E-state index in [1.165, 1.54) is 22.3 Å². The molecule has 0 heterocycles. The minimum Gasteiger partial charge on any atom is -0.494 e. The Morgan fingerprint density at radius 3 is 1.74 bits per heavy atom. The van der Waals surface area contributed by atoms with Gasteiger partial charge in [0.05, 0.1) is 6.61 Å². The second-order valence-electron chi connectivity index (χ2n) is 11.7. The van der Waals surface area contributed by atoms with Crippen molar-refractivity contribution in [2.45, 2.75) is 39.8 Å². The van der Waals surface area contributed by atoms with Gasteiger partial charge in [-0.3, -0.25) is 0 Å². The summed E-state index contributed by atoms with van der Waals surface area (Å²) >= 11 is 0. The summed E-state index contributed by atoms with van der Waals surface area (Å²) in [6, 6.07) is 41.2. The van der Waals surface area contributed by atoms with Crippen LogP contribution in [0.25, 0.3) is 0 Å². The Labute approximate surface area is 272 Å². The summed E-state index contributed by atoms with van der Waals surface area (Å²) in [5, 5.41) is 9.84. The van der Waals surface area contributed by atoms with Gasteiger partial charge in [0.1, 0.15) is 26.0 Å². The fraction of sp³-hybridized carbons (Fsp3) is 0.205. The maximum Gasteiger partial charge on any atom is 0.323 e. The van der Waals surface area contributed by atoms with Crippen LogP contribution in [0.3, 0.4) is 0 Å². The lowest BCUT2D eigenvalue weighted by molar-refractivity contribution is -0.686. The maximum absolute atomic E-state index is 14.1. The standard InChI is InChI=1S/C39H42N3O3P/c1-30-25-31(2)27-33(26-30)29-40-28-32-15-17-34(18-16-32)41-39(43)42-35-19-21-36(22-20-35)45-23-9-10-24-46(44,37-11-5-3-6-12-37)38-13-7-4-8-14-38/h3-8,11-22,25-27,40H,9-10,23-24,28-29H2,1-2H3,(H2,41,42,43)/p+1. The minimum atomic E-state index is -2.71. The first-order valence-electron chi connectivity index (χ1n) is 15.9. The van der Waals surface area contributed by atoms with Gasteiger partial charge in [0.25, 0.3) is 0 Å². The molecule has 7 heteroatoms. The molecule has 236 valence electrons. The first-order chi connectivity index (χ1) is 22.4. The number of benzene rings is 5. The van der Waals surface area contributed by atoms with Gasteiger partial charge in [0, 0.05) is 39.3 Å². The van der Waals surface area contributed by atoms with Crippen molar-refractivity contribution in [1.82, 2.24) is 0 Å². The highest BCUT2D eigenvalue weighted by Crippen LogP contribution is 2.44. The van der Waals surface area contributed by atoms with Gasteiger partial charge in [-0.2, -0.15) is 0 Å². The summed E-state index contributed by atoms with van der Waals surface area (Å²) < 4.78 is 20.1. The highest BCUT2D eigenvalue weighted by atomic mass is 31.2. The highest BCUT2D eigenvalue weighted by Gasteiger charge is 2.26. The van der Waals surface area contributed by atoms with Crippen molar-refractivity contribution < 1.29 is 19.4 Å². The molecule has 5 aromatic carbocycles. The number of quaternary nitrogens is 1. The highest BCUT2D eigenvalue weighted by molar-refractivity contribution is 7.78. The molecule has 0 bridgehead atoms. The number of urea groups is 1. The molecule has 0 unspecified atom stereocenters. The van der Waals surface area contributed by atoms with Crippen molar-refractivity contribution in [2.24, 2.45) is 0 Å². The molecule has 0 fully saturated rings. The van der Waals surface area contributed by atoms with Gasteiger partial charge in [-0.15, -0.1) is 0 Å². The Bertz CT molecular complexity index is 1680. The number of nitrogens with one attached hydrogen (secondary N) is 2. The predicted molar refractivity (Wildman–Crippen MR) is 190 cm³/mol. The molecule has 4 N–H and O–H groups in total. The number of carbonyl (C=O) groups excluding carboxylic acids is 1. The van der Waals surface area contributed by atoms with Crippen LogP contribution in [0.15, 0.2) is 127 Å². The Kier molecular flexibility index (Phi) is 11.4. The van der Waals surface area contributed by atoms with Gasteiger partial charge >= 0.3 is 6.03 Å². The van der Waals surface area contributed by atoms with E-state index in [0.717, 1.165) is 48.0 Å². The van der Waals surface area contributed by atoms with Crippen molar-refractivity contribution in [1.29, 1.82) is 0 Å². The van der Waals surface area contributed by atoms with E-state index in [1.54, 1.807) is 0 Å². The molecular weight excluding hydrogens is 589 g/mol. The third-order valence-electron chi connectivity index (χ3n) is 7.85. The van der Waals surface area contributed by atoms with E-state index >= 15 is 0 Å². The number of unbranched alkanes of at least 4 members (excludes halogenated alkanes) is 1. The molecule has 5 aromatic rings. The zero-order valence-corrected chi connectivity index (χ0v) is 27.5. The van der Waals surface area contributed by atoms with Crippen LogP contribution >= 0.6 is 7.14 Å². The average molecular weight is 633 g/mol. The van der Waals surface area contributed by atoms with Crippen LogP contribution in [0.1, 0.15) is 35.1 Å². The molecule has 0 spiro atoms. The fourth-order valence-electron chi connectivity index (χ4n) is 5.62. The largest absolute Gasteiger partial charge is 0.494 e. The number of ether oxygens (including phenoxy) is 1. The number of hydrogen-bond acceptors (Lipinski definition) is 3. The SMILES string of the molecule is Cc1cc(C)cc(C[NH2+]Cc2ccc(NC(=O)Nc3ccc(OCCCCP(=O)(c4ccccc4)c4ccccc4)cc3)cc2)c1. The van der Waals surface area contributed by atoms with E-state index in [2.05, 4.69) is 48.0 Å². The Morgan fingerprint density at radius 1 is 0.652 bits per heavy atom. The average Bonchev–Trinajstić information content (AvgIpc) is 3.06. The zero-order valence-electron chi connectivity index (χ0n) is 26.6. The summed E-state index contributed by atoms with van der Waals surface area (Å²) in [4.78, 5) is 12.6. The van der Waals surface area contributed by atoms with Crippen molar-refractivity contribution in [2.75, 3.05) is 23.4 Å². The van der Waals surface area contributed by atoms with Gasteiger partial charge in [-0.05, 0) is 63.1 Å². The molecule has 6 nitrogen and oxygen atoms in total. The predicted octanol–water partition coefficient (Wildman–Crippen LogP) is 7.38. The van der Waals surface area contributed by atoms with Gasteiger partial charge in [0.15, 0.2) is 0 Å². The third kappa shape index (κ3) is 9.43. The first kappa shape index (κ1) is 32.7. The monoisotopic (exact) mass is 632 g/mol.